The van der Waals surface area contributed by atoms with Crippen molar-refractivity contribution in [3.8, 4) is 0 Å². The van der Waals surface area contributed by atoms with Crippen LogP contribution in [0.5, 0.6) is 0 Å². The first-order chi connectivity index (χ1) is 32.1. The maximum Gasteiger partial charge on any atom is 0.478 e. The molecule has 4 N–H and O–H groups in total. The Morgan fingerprint density at radius 3 is 1.72 bits per heavy atom. The van der Waals surface area contributed by atoms with Gasteiger partial charge in [0.2, 0.25) is 13.6 Å². The van der Waals surface area contributed by atoms with Crippen LogP contribution in [0, 0.1) is 10.8 Å². The Morgan fingerprint density at radius 2 is 1.18 bits per heavy atom. The number of imidazole rings is 2. The van der Waals surface area contributed by atoms with E-state index in [-0.39, 0.29) is 34.0 Å². The number of anilines is 2. The molecular formula is C39H52F2N10O14P2. The zero-order chi connectivity index (χ0) is 47.1. The third kappa shape index (κ3) is 9.66. The number of carbonyl (C=O) groups is 2. The fourth-order valence-corrected chi connectivity index (χ4v) is 11.6. The summed E-state index contributed by atoms with van der Waals surface area (Å²) in [5.74, 6) is -1.22. The van der Waals surface area contributed by atoms with Crippen molar-refractivity contribution >= 4 is 61.3 Å². The number of rotatable bonds is 10. The summed E-state index contributed by atoms with van der Waals surface area (Å²) in [6.45, 7) is 0.0375. The van der Waals surface area contributed by atoms with Gasteiger partial charge in [0.25, 0.3) is 0 Å². The molecule has 3 saturated heterocycles. The largest absolute Gasteiger partial charge is 0.478 e. The van der Waals surface area contributed by atoms with Gasteiger partial charge in [0, 0.05) is 0 Å². The first-order valence-electron chi connectivity index (χ1n) is 22.0. The Hall–Kier alpha value is -4.36. The van der Waals surface area contributed by atoms with E-state index in [9.17, 15) is 18.7 Å². The normalized spacial score (nSPS) is 33.5. The van der Waals surface area contributed by atoms with E-state index in [0.29, 0.717) is 25.7 Å². The van der Waals surface area contributed by atoms with E-state index in [1.54, 1.807) is 13.8 Å². The van der Waals surface area contributed by atoms with Gasteiger partial charge in [0.15, 0.2) is 47.7 Å². The minimum atomic E-state index is -5.14. The summed E-state index contributed by atoms with van der Waals surface area (Å²) in [5, 5.41) is 0. The van der Waals surface area contributed by atoms with E-state index >= 15 is 8.78 Å². The molecule has 5 aliphatic rings. The van der Waals surface area contributed by atoms with Crippen LogP contribution in [0.1, 0.15) is 90.5 Å². The van der Waals surface area contributed by atoms with Gasteiger partial charge >= 0.3 is 27.4 Å². The summed E-state index contributed by atoms with van der Waals surface area (Å²) < 4.78 is 124. The van der Waals surface area contributed by atoms with Crippen molar-refractivity contribution in [2.45, 2.75) is 127 Å². The van der Waals surface area contributed by atoms with Crippen LogP contribution in [0.25, 0.3) is 22.3 Å². The van der Waals surface area contributed by atoms with Crippen LogP contribution in [-0.2, 0) is 65.0 Å². The van der Waals surface area contributed by atoms with Crippen molar-refractivity contribution in [2.75, 3.05) is 44.6 Å². The second-order valence-electron chi connectivity index (χ2n) is 17.8. The third-order valence-corrected chi connectivity index (χ3v) is 16.0. The molecule has 0 amide bonds. The molecule has 28 heteroatoms. The molecule has 4 aromatic rings. The predicted molar refractivity (Wildman–Crippen MR) is 225 cm³/mol. The lowest BCUT2D eigenvalue weighted by atomic mass is 9.76. The number of fused-ring (bicyclic) bond motifs is 4. The van der Waals surface area contributed by atoms with Crippen LogP contribution in [0.3, 0.4) is 0 Å². The van der Waals surface area contributed by atoms with Crippen LogP contribution in [0.15, 0.2) is 25.3 Å². The topological polar surface area (TPSA) is 300 Å². The molecule has 366 valence electrons. The Morgan fingerprint density at radius 1 is 0.701 bits per heavy atom. The lowest BCUT2D eigenvalue weighted by Gasteiger charge is -2.31. The molecule has 0 bridgehead atoms. The van der Waals surface area contributed by atoms with Gasteiger partial charge in [-0.1, -0.05) is 38.5 Å². The number of alkyl halides is 2. The number of nitrogen functional groups attached to an aromatic ring is 2. The van der Waals surface area contributed by atoms with Crippen LogP contribution in [0.4, 0.5) is 20.4 Å². The summed E-state index contributed by atoms with van der Waals surface area (Å²) in [5.41, 5.74) is 10.7. The Balaban J connectivity index is 1.03. The molecule has 3 unspecified atom stereocenters. The molecule has 0 aromatic carbocycles. The highest BCUT2D eigenvalue weighted by molar-refractivity contribution is 7.53. The lowest BCUT2D eigenvalue weighted by molar-refractivity contribution is -0.165. The van der Waals surface area contributed by atoms with E-state index in [0.717, 1.165) is 51.2 Å². The minimum absolute atomic E-state index is 0.00218. The van der Waals surface area contributed by atoms with Gasteiger partial charge in [-0.3, -0.25) is 36.9 Å². The monoisotopic (exact) mass is 984 g/mol. The molecule has 4 aromatic heterocycles. The van der Waals surface area contributed by atoms with Gasteiger partial charge in [-0.15, -0.1) is 0 Å². The zero-order valence-electron chi connectivity index (χ0n) is 36.6. The molecule has 9 rings (SSSR count). The van der Waals surface area contributed by atoms with E-state index in [1.165, 1.54) is 21.8 Å². The van der Waals surface area contributed by atoms with E-state index in [4.69, 9.17) is 57.8 Å². The van der Waals surface area contributed by atoms with Crippen molar-refractivity contribution in [1.29, 1.82) is 0 Å². The maximum atomic E-state index is 17.1. The average molecular weight is 985 g/mol. The number of aromatic nitrogens is 8. The number of nitrogens with zero attached hydrogens (tertiary/aromatic N) is 8. The van der Waals surface area contributed by atoms with Gasteiger partial charge in [-0.05, 0) is 39.5 Å². The van der Waals surface area contributed by atoms with E-state index in [1.807, 2.05) is 0 Å². The van der Waals surface area contributed by atoms with Gasteiger partial charge in [0.05, 0.1) is 36.7 Å². The molecule has 5 fully saturated rings. The number of carbonyl (C=O) groups excluding carboxylic acids is 2. The summed E-state index contributed by atoms with van der Waals surface area (Å²) in [6, 6.07) is 0. The maximum absolute atomic E-state index is 17.1. The van der Waals surface area contributed by atoms with Crippen LogP contribution in [0.2, 0.25) is 0 Å². The highest BCUT2D eigenvalue weighted by atomic mass is 31.2. The summed E-state index contributed by atoms with van der Waals surface area (Å²) in [7, 11) is -9.80. The number of phosphoric ester groups is 1. The number of ether oxygens (including phenoxy) is 5. The number of halogens is 2. The second-order valence-corrected chi connectivity index (χ2v) is 21.4. The number of hydrogen-bond acceptors (Lipinski definition) is 22. The third-order valence-electron chi connectivity index (χ3n) is 13.1. The molecule has 67 heavy (non-hydrogen) atoms. The number of esters is 2. The standard InChI is InChI=1S/C39H52F2N10O14P2/c1-38(9-5-3-6-10-38)36(52)56-19-61-66(54)21-58-28-22(63-34(24(28)40)50-17-48-26-30(42)44-15-46-32(26)50)14-60-67(55,62-20-57-37(53)39(2)11-7-4-8-12-39)65-29-23(13-59-66)64-35(25(29)41)51-18-49-27-31(43)45-16-47-33(27)51/h15-18,22-25,28-29,34-35H,3-14,19-21H2,1-2H3,(H2,42,44,46)(H2,43,45,47)/t22-,23?,24-,25-,28-,29-,34-,35-,66?,67?/m1/s1. The molecule has 24 nitrogen and oxygen atoms in total. The Labute approximate surface area is 381 Å². The molecule has 0 radical (unpaired) electrons. The number of phosphoric acid groups is 1. The SMILES string of the molecule is CC1(C(=O)OCOP2(=O)CO[C@H]3[C@@H](F)[C@H](n4cnc5c(N)ncnc54)O[C@@H]3COP(=O)(OCOC(=O)C3(C)CCCCC3)O[C@@H]3C(CO2)O[C@@H](n2cnc4c(N)ncnc42)[C@@H]3F)CCCCC1. The fourth-order valence-electron chi connectivity index (χ4n) is 9.16. The molecule has 10 atom stereocenters. The first-order valence-corrected chi connectivity index (χ1v) is 25.1. The predicted octanol–water partition coefficient (Wildman–Crippen LogP) is 5.35. The quantitative estimate of drug-likeness (QED) is 0.115. The van der Waals surface area contributed by atoms with Crippen LogP contribution >= 0.6 is 15.4 Å². The van der Waals surface area contributed by atoms with Gasteiger partial charge in [0.1, 0.15) is 54.5 Å². The Bertz CT molecular complexity index is 2550. The molecule has 3 aliphatic heterocycles. The van der Waals surface area contributed by atoms with Crippen LogP contribution < -0.4 is 11.5 Å². The van der Waals surface area contributed by atoms with E-state index in [2.05, 4.69) is 29.9 Å². The first kappa shape index (κ1) is 47.7. The highest BCUT2D eigenvalue weighted by Crippen LogP contribution is 2.57. The molecule has 7 heterocycles. The molecule has 0 spiro atoms. The molecule has 2 aliphatic carbocycles. The average Bonchev–Trinajstić information content (AvgIpc) is 4.09. The van der Waals surface area contributed by atoms with Crippen molar-refractivity contribution in [1.82, 2.24) is 39.0 Å². The second kappa shape index (κ2) is 19.2. The van der Waals surface area contributed by atoms with Crippen molar-refractivity contribution in [2.24, 2.45) is 10.8 Å². The lowest BCUT2D eigenvalue weighted by Crippen LogP contribution is -2.36. The Kier molecular flexibility index (Phi) is 13.7. The number of nitrogens with two attached hydrogens (primary N) is 2. The van der Waals surface area contributed by atoms with E-state index < -0.39 is 121 Å². The fraction of sp³-hybridized carbons (Fsp3) is 0.692. The van der Waals surface area contributed by atoms with Crippen molar-refractivity contribution in [3.05, 3.63) is 25.3 Å². The number of hydrogen-bond donors (Lipinski definition) is 2. The van der Waals surface area contributed by atoms with Gasteiger partial charge < -0.3 is 39.7 Å². The summed E-state index contributed by atoms with van der Waals surface area (Å²) >= 11 is 0. The summed E-state index contributed by atoms with van der Waals surface area (Å²) in [6.07, 6.45) is -3.22. The van der Waals surface area contributed by atoms with Crippen molar-refractivity contribution < 1.29 is 73.8 Å². The van der Waals surface area contributed by atoms with Gasteiger partial charge in [-0.25, -0.2) is 47.8 Å². The minimum Gasteiger partial charge on any atom is -0.438 e. The van der Waals surface area contributed by atoms with Gasteiger partial charge in [-0.2, -0.15) is 0 Å². The zero-order valence-corrected chi connectivity index (χ0v) is 38.4. The smallest absolute Gasteiger partial charge is 0.438 e. The summed E-state index contributed by atoms with van der Waals surface area (Å²) in [4.78, 5) is 51.1. The highest BCUT2D eigenvalue weighted by Gasteiger charge is 2.55. The van der Waals surface area contributed by atoms with Crippen LogP contribution in [-0.4, -0.2) is 121 Å². The molecule has 2 saturated carbocycles. The molecular weight excluding hydrogens is 932 g/mol. The van der Waals surface area contributed by atoms with Crippen molar-refractivity contribution in [3.63, 3.8) is 0 Å².